The first-order valence-corrected chi connectivity index (χ1v) is 8.21. The number of carbonyl (C=O) groups is 1. The number of nitrogens with two attached hydrogens (primary N) is 1. The van der Waals surface area contributed by atoms with E-state index >= 15 is 0 Å². The summed E-state index contributed by atoms with van der Waals surface area (Å²) >= 11 is 0. The molecule has 1 unspecified atom stereocenters. The lowest BCUT2D eigenvalue weighted by Gasteiger charge is -2.23. The maximum Gasteiger partial charge on any atom is 0.244 e. The van der Waals surface area contributed by atoms with E-state index in [1.165, 1.54) is 0 Å². The fraction of sp³-hybridized carbons (Fsp3) is 0.462. The van der Waals surface area contributed by atoms with Gasteiger partial charge in [0, 0.05) is 5.69 Å². The Hall–Kier alpha value is -1.31. The van der Waals surface area contributed by atoms with Gasteiger partial charge in [0.15, 0.2) is 0 Å². The predicted molar refractivity (Wildman–Crippen MR) is 88.3 cm³/mol. The molecular weight excluding hydrogens is 314 g/mol. The molecule has 0 saturated carbocycles. The van der Waals surface area contributed by atoms with E-state index in [0.717, 1.165) is 12.7 Å². The molecule has 0 saturated heterocycles. The van der Waals surface area contributed by atoms with Crippen molar-refractivity contribution >= 4 is 39.7 Å². The average molecular weight is 336 g/mol. The van der Waals surface area contributed by atoms with Crippen LogP contribution in [0.25, 0.3) is 0 Å². The molecule has 4 N–H and O–H groups in total. The summed E-state index contributed by atoms with van der Waals surface area (Å²) in [5, 5.41) is 2.69. The summed E-state index contributed by atoms with van der Waals surface area (Å²) in [6, 6.07) is 6.47. The maximum atomic E-state index is 12.0. The molecule has 0 radical (unpaired) electrons. The maximum absolute atomic E-state index is 12.0. The first-order valence-electron chi connectivity index (χ1n) is 6.32. The van der Waals surface area contributed by atoms with Crippen LogP contribution in [-0.4, -0.2) is 26.1 Å². The third kappa shape index (κ3) is 6.79. The third-order valence-corrected chi connectivity index (χ3v) is 3.32. The quantitative estimate of drug-likeness (QED) is 0.739. The number of halogens is 1. The zero-order valence-electron chi connectivity index (χ0n) is 12.3. The predicted octanol–water partition coefficient (Wildman–Crippen LogP) is 1.94. The molecule has 0 aliphatic heterocycles. The van der Waals surface area contributed by atoms with Gasteiger partial charge in [0.25, 0.3) is 0 Å². The average Bonchev–Trinajstić information content (AvgIpc) is 2.26. The summed E-state index contributed by atoms with van der Waals surface area (Å²) < 4.78 is 24.7. The van der Waals surface area contributed by atoms with Gasteiger partial charge in [-0.3, -0.25) is 9.52 Å². The van der Waals surface area contributed by atoms with Crippen LogP contribution in [0.2, 0.25) is 0 Å². The molecule has 0 spiro atoms. The van der Waals surface area contributed by atoms with E-state index in [9.17, 15) is 13.2 Å². The van der Waals surface area contributed by atoms with Crippen molar-refractivity contribution in [3.8, 4) is 0 Å². The van der Waals surface area contributed by atoms with E-state index < -0.39 is 15.6 Å². The van der Waals surface area contributed by atoms with Crippen molar-refractivity contribution < 1.29 is 13.2 Å². The van der Waals surface area contributed by atoms with Crippen molar-refractivity contribution in [3.63, 3.8) is 0 Å². The number of anilines is 2. The highest BCUT2D eigenvalue weighted by Gasteiger charge is 2.27. The molecule has 1 aromatic carbocycles. The van der Waals surface area contributed by atoms with Crippen molar-refractivity contribution in [2.45, 2.75) is 32.2 Å². The smallest absolute Gasteiger partial charge is 0.244 e. The molecule has 8 heteroatoms. The monoisotopic (exact) mass is 335 g/mol. The van der Waals surface area contributed by atoms with Crippen LogP contribution >= 0.6 is 12.4 Å². The lowest BCUT2D eigenvalue weighted by atomic mass is 9.96. The number of hydrogen-bond donors (Lipinski definition) is 3. The molecule has 0 aromatic heterocycles. The number of sulfonamides is 1. The topological polar surface area (TPSA) is 101 Å². The number of hydrogen-bond acceptors (Lipinski definition) is 4. The summed E-state index contributed by atoms with van der Waals surface area (Å²) in [7, 11) is -3.35. The fourth-order valence-electron chi connectivity index (χ4n) is 1.78. The van der Waals surface area contributed by atoms with Crippen LogP contribution in [0, 0.1) is 0 Å². The molecule has 21 heavy (non-hydrogen) atoms. The molecule has 0 aliphatic carbocycles. The van der Waals surface area contributed by atoms with Gasteiger partial charge in [-0.15, -0.1) is 12.4 Å². The minimum atomic E-state index is -3.35. The van der Waals surface area contributed by atoms with Crippen LogP contribution in [0.5, 0.6) is 0 Å². The standard InChI is InChI=1S/C13H21N3O3S.ClH/c1-4-8-13(2,14)12(17)15-10-6-5-7-11(9-10)16-20(3,18)19;/h5-7,9,16H,4,8,14H2,1-3H3,(H,15,17);1H. The van der Waals surface area contributed by atoms with Crippen molar-refractivity contribution in [2.75, 3.05) is 16.3 Å². The summed E-state index contributed by atoms with van der Waals surface area (Å²) in [6.07, 6.45) is 2.44. The molecule has 1 aromatic rings. The van der Waals surface area contributed by atoms with Gasteiger partial charge < -0.3 is 11.1 Å². The second kappa shape index (κ2) is 7.63. The Balaban J connectivity index is 0.00000400. The van der Waals surface area contributed by atoms with Gasteiger partial charge in [0.05, 0.1) is 17.5 Å². The van der Waals surface area contributed by atoms with Crippen molar-refractivity contribution in [2.24, 2.45) is 5.73 Å². The Morgan fingerprint density at radius 1 is 1.33 bits per heavy atom. The van der Waals surface area contributed by atoms with Gasteiger partial charge in [0.1, 0.15) is 0 Å². The summed E-state index contributed by atoms with van der Waals surface area (Å²) in [6.45, 7) is 3.62. The summed E-state index contributed by atoms with van der Waals surface area (Å²) in [5.74, 6) is -0.296. The second-order valence-corrected chi connectivity index (χ2v) is 6.83. The van der Waals surface area contributed by atoms with Crippen LogP contribution in [0.1, 0.15) is 26.7 Å². The van der Waals surface area contributed by atoms with Crippen molar-refractivity contribution in [3.05, 3.63) is 24.3 Å². The minimum Gasteiger partial charge on any atom is -0.324 e. The summed E-state index contributed by atoms with van der Waals surface area (Å²) in [4.78, 5) is 12.0. The van der Waals surface area contributed by atoms with Crippen LogP contribution in [0.15, 0.2) is 24.3 Å². The highest BCUT2D eigenvalue weighted by molar-refractivity contribution is 7.92. The fourth-order valence-corrected chi connectivity index (χ4v) is 2.34. The van der Waals surface area contributed by atoms with E-state index in [2.05, 4.69) is 10.0 Å². The van der Waals surface area contributed by atoms with Gasteiger partial charge in [-0.25, -0.2) is 8.42 Å². The Bertz CT molecular complexity index is 588. The molecular formula is C13H22ClN3O3S. The highest BCUT2D eigenvalue weighted by Crippen LogP contribution is 2.18. The van der Waals surface area contributed by atoms with E-state index in [4.69, 9.17) is 5.73 Å². The van der Waals surface area contributed by atoms with Gasteiger partial charge in [-0.05, 0) is 31.5 Å². The van der Waals surface area contributed by atoms with Gasteiger partial charge in [-0.1, -0.05) is 19.4 Å². The van der Waals surface area contributed by atoms with E-state index in [0.29, 0.717) is 17.8 Å². The van der Waals surface area contributed by atoms with Gasteiger partial charge in [0.2, 0.25) is 15.9 Å². The molecule has 1 rings (SSSR count). The molecule has 1 amide bonds. The van der Waals surface area contributed by atoms with Crippen molar-refractivity contribution in [1.82, 2.24) is 0 Å². The van der Waals surface area contributed by atoms with Crippen LogP contribution in [0.3, 0.4) is 0 Å². The molecule has 120 valence electrons. The Kier molecular flexibility index (Phi) is 7.15. The van der Waals surface area contributed by atoms with Crippen LogP contribution in [-0.2, 0) is 14.8 Å². The van der Waals surface area contributed by atoms with Crippen molar-refractivity contribution in [1.29, 1.82) is 0 Å². The van der Waals surface area contributed by atoms with E-state index in [-0.39, 0.29) is 18.3 Å². The minimum absolute atomic E-state index is 0. The number of benzene rings is 1. The zero-order chi connectivity index (χ0) is 15.4. The molecule has 0 fully saturated rings. The Labute approximate surface area is 132 Å². The summed E-state index contributed by atoms with van der Waals surface area (Å²) in [5.41, 5.74) is 5.87. The lowest BCUT2D eigenvalue weighted by molar-refractivity contribution is -0.120. The largest absolute Gasteiger partial charge is 0.324 e. The first kappa shape index (κ1) is 19.7. The van der Waals surface area contributed by atoms with E-state index in [1.807, 2.05) is 6.92 Å². The number of carbonyl (C=O) groups excluding carboxylic acids is 1. The number of rotatable bonds is 6. The highest BCUT2D eigenvalue weighted by atomic mass is 35.5. The molecule has 0 heterocycles. The molecule has 0 aliphatic rings. The second-order valence-electron chi connectivity index (χ2n) is 5.08. The first-order chi connectivity index (χ1) is 9.14. The van der Waals surface area contributed by atoms with Crippen LogP contribution in [0.4, 0.5) is 11.4 Å². The number of amides is 1. The Morgan fingerprint density at radius 2 is 1.90 bits per heavy atom. The van der Waals surface area contributed by atoms with Crippen LogP contribution < -0.4 is 15.8 Å². The van der Waals surface area contributed by atoms with E-state index in [1.54, 1.807) is 31.2 Å². The normalized spacial score (nSPS) is 13.7. The third-order valence-electron chi connectivity index (χ3n) is 2.71. The number of nitrogens with one attached hydrogen (secondary N) is 2. The zero-order valence-corrected chi connectivity index (χ0v) is 14.0. The Morgan fingerprint density at radius 3 is 2.43 bits per heavy atom. The molecule has 0 bridgehead atoms. The lowest BCUT2D eigenvalue weighted by Crippen LogP contribution is -2.48. The SMILES string of the molecule is CCCC(C)(N)C(=O)Nc1cccc(NS(C)(=O)=O)c1.Cl. The molecule has 1 atom stereocenters. The molecule has 6 nitrogen and oxygen atoms in total. The van der Waals surface area contributed by atoms with Gasteiger partial charge in [-0.2, -0.15) is 0 Å². The van der Waals surface area contributed by atoms with Gasteiger partial charge >= 0.3 is 0 Å².